The highest BCUT2D eigenvalue weighted by atomic mass is 35.5. The Labute approximate surface area is 161 Å². The van der Waals surface area contributed by atoms with Gasteiger partial charge in [-0.3, -0.25) is 9.59 Å². The first kappa shape index (κ1) is 18.5. The van der Waals surface area contributed by atoms with Crippen LogP contribution in [0.25, 0.3) is 0 Å². The van der Waals surface area contributed by atoms with Gasteiger partial charge >= 0.3 is 0 Å². The van der Waals surface area contributed by atoms with Gasteiger partial charge in [-0.15, -0.1) is 0 Å². The topological polar surface area (TPSA) is 67.4 Å². The van der Waals surface area contributed by atoms with E-state index in [1.807, 2.05) is 18.2 Å². The fourth-order valence-corrected chi connectivity index (χ4v) is 3.32. The van der Waals surface area contributed by atoms with E-state index in [0.717, 1.165) is 16.8 Å². The zero-order valence-corrected chi connectivity index (χ0v) is 15.5. The molecule has 0 unspecified atom stereocenters. The van der Waals surface area contributed by atoms with Crippen LogP contribution in [0.2, 0.25) is 10.0 Å². The number of hydrogen-bond acceptors (Lipinski definition) is 3. The predicted octanol–water partition coefficient (Wildman–Crippen LogP) is 3.62. The van der Waals surface area contributed by atoms with Gasteiger partial charge in [-0.1, -0.05) is 23.2 Å². The van der Waals surface area contributed by atoms with Crippen molar-refractivity contribution in [1.82, 2.24) is 5.32 Å². The molecule has 2 N–H and O–H groups in total. The Hall–Kier alpha value is -2.24. The second-order valence-corrected chi connectivity index (χ2v) is 6.91. The van der Waals surface area contributed by atoms with E-state index in [4.69, 9.17) is 27.9 Å². The van der Waals surface area contributed by atoms with Crippen LogP contribution in [-0.4, -0.2) is 25.0 Å². The molecule has 0 spiro atoms. The molecular formula is C19H18Cl2N2O3. The molecule has 0 bridgehead atoms. The van der Waals surface area contributed by atoms with Crippen LogP contribution in [0.3, 0.4) is 0 Å². The van der Waals surface area contributed by atoms with E-state index in [-0.39, 0.29) is 18.4 Å². The van der Waals surface area contributed by atoms with E-state index < -0.39 is 0 Å². The molecule has 5 nitrogen and oxygen atoms in total. The number of aryl methyl sites for hydroxylation is 1. The van der Waals surface area contributed by atoms with Crippen molar-refractivity contribution in [3.63, 3.8) is 0 Å². The van der Waals surface area contributed by atoms with E-state index in [9.17, 15) is 9.59 Å². The lowest BCUT2D eigenvalue weighted by molar-refractivity contribution is -0.123. The van der Waals surface area contributed by atoms with Crippen LogP contribution >= 0.6 is 23.2 Å². The molecule has 136 valence electrons. The van der Waals surface area contributed by atoms with Gasteiger partial charge in [-0.05, 0) is 60.4 Å². The molecule has 0 saturated heterocycles. The number of carbonyl (C=O) groups excluding carboxylic acids is 2. The molecule has 26 heavy (non-hydrogen) atoms. The maximum atomic E-state index is 11.9. The van der Waals surface area contributed by atoms with Crippen LogP contribution in [0.5, 0.6) is 5.75 Å². The molecule has 0 fully saturated rings. The third kappa shape index (κ3) is 5.13. The van der Waals surface area contributed by atoms with Crippen LogP contribution in [0, 0.1) is 0 Å². The number of carbonyl (C=O) groups is 2. The third-order valence-electron chi connectivity index (χ3n) is 4.00. The average molecular weight is 393 g/mol. The summed E-state index contributed by atoms with van der Waals surface area (Å²) in [5, 5.41) is 6.76. The molecule has 7 heteroatoms. The largest absolute Gasteiger partial charge is 0.484 e. The zero-order chi connectivity index (χ0) is 18.5. The lowest BCUT2D eigenvalue weighted by Crippen LogP contribution is -2.30. The zero-order valence-electron chi connectivity index (χ0n) is 14.0. The molecule has 2 amide bonds. The number of amides is 2. The van der Waals surface area contributed by atoms with Crippen molar-refractivity contribution in [2.45, 2.75) is 19.3 Å². The van der Waals surface area contributed by atoms with Crippen molar-refractivity contribution in [3.8, 4) is 5.75 Å². The lowest BCUT2D eigenvalue weighted by atomic mass is 10.0. The maximum absolute atomic E-state index is 11.9. The predicted molar refractivity (Wildman–Crippen MR) is 102 cm³/mol. The molecule has 3 rings (SSSR count). The number of ether oxygens (including phenoxy) is 1. The first-order valence-electron chi connectivity index (χ1n) is 8.27. The average Bonchev–Trinajstić information content (AvgIpc) is 2.59. The van der Waals surface area contributed by atoms with Crippen molar-refractivity contribution in [2.75, 3.05) is 18.5 Å². The van der Waals surface area contributed by atoms with Gasteiger partial charge in [-0.25, -0.2) is 0 Å². The Morgan fingerprint density at radius 3 is 2.65 bits per heavy atom. The molecular weight excluding hydrogens is 375 g/mol. The molecule has 2 aromatic rings. The van der Waals surface area contributed by atoms with E-state index in [1.54, 1.807) is 18.2 Å². The van der Waals surface area contributed by atoms with Gasteiger partial charge < -0.3 is 15.4 Å². The van der Waals surface area contributed by atoms with Crippen molar-refractivity contribution < 1.29 is 14.3 Å². The summed E-state index contributed by atoms with van der Waals surface area (Å²) >= 11 is 11.9. The number of rotatable bonds is 6. The van der Waals surface area contributed by atoms with E-state index in [0.29, 0.717) is 41.6 Å². The summed E-state index contributed by atoms with van der Waals surface area (Å²) in [4.78, 5) is 23.3. The fraction of sp³-hybridized carbons (Fsp3) is 0.263. The van der Waals surface area contributed by atoms with Crippen molar-refractivity contribution >= 4 is 40.7 Å². The molecule has 2 aromatic carbocycles. The standard InChI is InChI=1S/C19H18Cl2N2O3/c20-14-7-12(8-15(21)10-14)5-6-22-19(25)11-26-16-2-3-17-13(9-16)1-4-18(24)23-17/h2-3,7-10H,1,4-6,11H2,(H,22,25)(H,23,24). The molecule has 0 saturated carbocycles. The van der Waals surface area contributed by atoms with Gasteiger partial charge in [0, 0.05) is 28.7 Å². The summed E-state index contributed by atoms with van der Waals surface area (Å²) in [7, 11) is 0. The van der Waals surface area contributed by atoms with Crippen LogP contribution in [-0.2, 0) is 22.4 Å². The highest BCUT2D eigenvalue weighted by Gasteiger charge is 2.15. The van der Waals surface area contributed by atoms with Crippen LogP contribution in [0.1, 0.15) is 17.5 Å². The molecule has 1 heterocycles. The van der Waals surface area contributed by atoms with Gasteiger partial charge in [0.2, 0.25) is 5.91 Å². The lowest BCUT2D eigenvalue weighted by Gasteiger charge is -2.17. The molecule has 1 aliphatic heterocycles. The molecule has 0 atom stereocenters. The first-order chi connectivity index (χ1) is 12.5. The second kappa shape index (κ2) is 8.43. The normalized spacial score (nSPS) is 12.9. The van der Waals surface area contributed by atoms with Gasteiger partial charge in [0.1, 0.15) is 5.75 Å². The van der Waals surface area contributed by atoms with Crippen LogP contribution in [0.4, 0.5) is 5.69 Å². The summed E-state index contributed by atoms with van der Waals surface area (Å²) in [6.07, 6.45) is 1.77. The maximum Gasteiger partial charge on any atom is 0.257 e. The Kier molecular flexibility index (Phi) is 6.01. The summed E-state index contributed by atoms with van der Waals surface area (Å²) in [5.41, 5.74) is 2.78. The minimum absolute atomic E-state index is 0.0199. The Bertz CT molecular complexity index is 819. The third-order valence-corrected chi connectivity index (χ3v) is 4.44. The number of anilines is 1. The number of benzene rings is 2. The summed E-state index contributed by atoms with van der Waals surface area (Å²) in [6.45, 7) is 0.399. The summed E-state index contributed by atoms with van der Waals surface area (Å²) in [6, 6.07) is 10.7. The number of halogens is 2. The van der Waals surface area contributed by atoms with Crippen LogP contribution in [0.15, 0.2) is 36.4 Å². The molecule has 1 aliphatic rings. The highest BCUT2D eigenvalue weighted by molar-refractivity contribution is 6.34. The smallest absolute Gasteiger partial charge is 0.257 e. The number of nitrogens with one attached hydrogen (secondary N) is 2. The number of fused-ring (bicyclic) bond motifs is 1. The second-order valence-electron chi connectivity index (χ2n) is 6.03. The highest BCUT2D eigenvalue weighted by Crippen LogP contribution is 2.26. The number of hydrogen-bond donors (Lipinski definition) is 2. The first-order valence-corrected chi connectivity index (χ1v) is 9.02. The van der Waals surface area contributed by atoms with Gasteiger partial charge in [-0.2, -0.15) is 0 Å². The van der Waals surface area contributed by atoms with Gasteiger partial charge in [0.05, 0.1) is 0 Å². The Morgan fingerprint density at radius 1 is 1.12 bits per heavy atom. The summed E-state index contributed by atoms with van der Waals surface area (Å²) in [5.74, 6) is 0.423. The van der Waals surface area contributed by atoms with E-state index in [2.05, 4.69) is 10.6 Å². The monoisotopic (exact) mass is 392 g/mol. The minimum atomic E-state index is -0.204. The van der Waals surface area contributed by atoms with Crippen molar-refractivity contribution in [3.05, 3.63) is 57.6 Å². The van der Waals surface area contributed by atoms with Crippen molar-refractivity contribution in [2.24, 2.45) is 0 Å². The summed E-state index contributed by atoms with van der Waals surface area (Å²) < 4.78 is 5.53. The van der Waals surface area contributed by atoms with Crippen molar-refractivity contribution in [1.29, 1.82) is 0 Å². The molecule has 0 radical (unpaired) electrons. The SMILES string of the molecule is O=C(COc1ccc2c(c1)CCC(=O)N2)NCCc1cc(Cl)cc(Cl)c1. The molecule has 0 aliphatic carbocycles. The molecule has 0 aromatic heterocycles. The van der Waals surface area contributed by atoms with Gasteiger partial charge in [0.25, 0.3) is 5.91 Å². The quantitative estimate of drug-likeness (QED) is 0.788. The fourth-order valence-electron chi connectivity index (χ4n) is 2.75. The van der Waals surface area contributed by atoms with E-state index >= 15 is 0 Å². The van der Waals surface area contributed by atoms with Crippen LogP contribution < -0.4 is 15.4 Å². The van der Waals surface area contributed by atoms with E-state index in [1.165, 1.54) is 0 Å². The Morgan fingerprint density at radius 2 is 1.88 bits per heavy atom. The van der Waals surface area contributed by atoms with Gasteiger partial charge in [0.15, 0.2) is 6.61 Å². The minimum Gasteiger partial charge on any atom is -0.484 e. The Balaban J connectivity index is 1.45.